The summed E-state index contributed by atoms with van der Waals surface area (Å²) in [6.45, 7) is 4.69. The number of aryl methyl sites for hydroxylation is 2. The Hall–Kier alpha value is -3.40. The zero-order valence-electron chi connectivity index (χ0n) is 16.5. The van der Waals surface area contributed by atoms with Gasteiger partial charge in [0, 0.05) is 12.4 Å². The third-order valence-electron chi connectivity index (χ3n) is 4.34. The number of ether oxygens (including phenoxy) is 1. The van der Waals surface area contributed by atoms with Crippen LogP contribution < -0.4 is 10.1 Å². The minimum atomic E-state index is -0.315. The second-order valence-electron chi connectivity index (χ2n) is 6.84. The van der Waals surface area contributed by atoms with Crippen LogP contribution in [0.3, 0.4) is 0 Å². The summed E-state index contributed by atoms with van der Waals surface area (Å²) in [4.78, 5) is 12.5. The highest BCUT2D eigenvalue weighted by atomic mass is 79.9. The second-order valence-corrected chi connectivity index (χ2v) is 7.76. The van der Waals surface area contributed by atoms with Gasteiger partial charge in [0.1, 0.15) is 12.4 Å². The van der Waals surface area contributed by atoms with Gasteiger partial charge in [-0.05, 0) is 47.5 Å². The highest BCUT2D eigenvalue weighted by Gasteiger charge is 2.12. The molecule has 0 fully saturated rings. The first-order valence-electron chi connectivity index (χ1n) is 9.21. The average molecular weight is 470 g/mol. The first-order valence-corrected chi connectivity index (χ1v) is 10.0. The SMILES string of the molecule is Cc1ccc(OCn2cc(NC(=O)c3ccn(Cn4cc(Br)cn4)n3)cn2)c(C)c1. The summed E-state index contributed by atoms with van der Waals surface area (Å²) in [5, 5.41) is 15.5. The van der Waals surface area contributed by atoms with E-state index in [4.69, 9.17) is 4.74 Å². The summed E-state index contributed by atoms with van der Waals surface area (Å²) in [5.41, 5.74) is 3.12. The monoisotopic (exact) mass is 469 g/mol. The third kappa shape index (κ3) is 4.77. The molecule has 10 heteroatoms. The molecule has 9 nitrogen and oxygen atoms in total. The molecule has 0 atom stereocenters. The van der Waals surface area contributed by atoms with Crippen LogP contribution in [0.2, 0.25) is 0 Å². The van der Waals surface area contributed by atoms with E-state index in [1.54, 1.807) is 44.9 Å². The van der Waals surface area contributed by atoms with E-state index in [9.17, 15) is 4.79 Å². The molecule has 154 valence electrons. The lowest BCUT2D eigenvalue weighted by Crippen LogP contribution is -2.14. The van der Waals surface area contributed by atoms with E-state index < -0.39 is 0 Å². The number of nitrogens with one attached hydrogen (secondary N) is 1. The number of nitrogens with zero attached hydrogens (tertiary/aromatic N) is 6. The molecule has 0 spiro atoms. The Kier molecular flexibility index (Phi) is 5.66. The van der Waals surface area contributed by atoms with Gasteiger partial charge in [-0.15, -0.1) is 0 Å². The fraction of sp³-hybridized carbons (Fsp3) is 0.200. The molecule has 0 aliphatic carbocycles. The number of anilines is 1. The molecule has 0 unspecified atom stereocenters. The molecule has 1 N–H and O–H groups in total. The van der Waals surface area contributed by atoms with Gasteiger partial charge in [-0.1, -0.05) is 17.7 Å². The van der Waals surface area contributed by atoms with Gasteiger partial charge >= 0.3 is 0 Å². The number of carbonyl (C=O) groups excluding carboxylic acids is 1. The molecular weight excluding hydrogens is 450 g/mol. The lowest BCUT2D eigenvalue weighted by atomic mass is 10.1. The quantitative estimate of drug-likeness (QED) is 0.447. The lowest BCUT2D eigenvalue weighted by molar-refractivity contribution is 0.102. The number of rotatable bonds is 7. The number of carbonyl (C=O) groups is 1. The molecule has 3 aromatic heterocycles. The van der Waals surface area contributed by atoms with Crippen molar-refractivity contribution in [2.45, 2.75) is 27.2 Å². The van der Waals surface area contributed by atoms with Gasteiger partial charge in [-0.25, -0.2) is 9.36 Å². The van der Waals surface area contributed by atoms with Crippen LogP contribution in [-0.2, 0) is 13.4 Å². The number of hydrogen-bond donors (Lipinski definition) is 1. The fourth-order valence-corrected chi connectivity index (χ4v) is 3.24. The van der Waals surface area contributed by atoms with Crippen LogP contribution in [0.5, 0.6) is 5.75 Å². The Morgan fingerprint density at radius 3 is 2.70 bits per heavy atom. The van der Waals surface area contributed by atoms with Gasteiger partial charge in [0.05, 0.1) is 28.8 Å². The van der Waals surface area contributed by atoms with E-state index in [1.165, 1.54) is 5.56 Å². The summed E-state index contributed by atoms with van der Waals surface area (Å²) in [6.07, 6.45) is 8.53. The van der Waals surface area contributed by atoms with E-state index in [0.717, 1.165) is 15.8 Å². The highest BCUT2D eigenvalue weighted by molar-refractivity contribution is 9.10. The summed E-state index contributed by atoms with van der Waals surface area (Å²) < 4.78 is 11.6. The summed E-state index contributed by atoms with van der Waals surface area (Å²) in [7, 11) is 0. The topological polar surface area (TPSA) is 91.8 Å². The largest absolute Gasteiger partial charge is 0.471 e. The Labute approximate surface area is 181 Å². The molecule has 0 aliphatic heterocycles. The maximum Gasteiger partial charge on any atom is 0.276 e. The fourth-order valence-electron chi connectivity index (χ4n) is 2.92. The molecule has 0 bridgehead atoms. The van der Waals surface area contributed by atoms with E-state index in [1.807, 2.05) is 32.2 Å². The van der Waals surface area contributed by atoms with Gasteiger partial charge in [0.15, 0.2) is 12.4 Å². The number of amides is 1. The van der Waals surface area contributed by atoms with Crippen molar-refractivity contribution in [1.29, 1.82) is 0 Å². The molecule has 0 aliphatic rings. The number of aromatic nitrogens is 6. The predicted molar refractivity (Wildman–Crippen MR) is 114 cm³/mol. The van der Waals surface area contributed by atoms with E-state index >= 15 is 0 Å². The average Bonchev–Trinajstić information content (AvgIpc) is 3.43. The van der Waals surface area contributed by atoms with Crippen molar-refractivity contribution >= 4 is 27.5 Å². The zero-order chi connectivity index (χ0) is 21.1. The summed E-state index contributed by atoms with van der Waals surface area (Å²) >= 11 is 3.35. The summed E-state index contributed by atoms with van der Waals surface area (Å²) in [6, 6.07) is 7.66. The Morgan fingerprint density at radius 2 is 1.93 bits per heavy atom. The molecule has 30 heavy (non-hydrogen) atoms. The molecule has 1 aromatic carbocycles. The Morgan fingerprint density at radius 1 is 1.10 bits per heavy atom. The number of benzene rings is 1. The molecule has 0 saturated heterocycles. The van der Waals surface area contributed by atoms with Crippen molar-refractivity contribution in [2.24, 2.45) is 0 Å². The number of halogens is 1. The normalized spacial score (nSPS) is 10.9. The van der Waals surface area contributed by atoms with Gasteiger partial charge in [0.2, 0.25) is 0 Å². The maximum absolute atomic E-state index is 12.5. The molecule has 0 saturated carbocycles. The molecule has 1 amide bonds. The van der Waals surface area contributed by atoms with Crippen molar-refractivity contribution in [3.63, 3.8) is 0 Å². The van der Waals surface area contributed by atoms with Gasteiger partial charge in [-0.2, -0.15) is 15.3 Å². The van der Waals surface area contributed by atoms with Crippen LogP contribution in [0.1, 0.15) is 21.6 Å². The van der Waals surface area contributed by atoms with E-state index in [2.05, 4.69) is 42.6 Å². The number of hydrogen-bond acceptors (Lipinski definition) is 5. The molecule has 3 heterocycles. The van der Waals surface area contributed by atoms with Crippen LogP contribution in [0.4, 0.5) is 5.69 Å². The first kappa shape index (κ1) is 19.9. The molecular formula is C20H20BrN7O2. The molecule has 0 radical (unpaired) electrons. The van der Waals surface area contributed by atoms with Crippen molar-refractivity contribution in [1.82, 2.24) is 29.3 Å². The minimum absolute atomic E-state index is 0.244. The van der Waals surface area contributed by atoms with E-state index in [-0.39, 0.29) is 12.6 Å². The summed E-state index contributed by atoms with van der Waals surface area (Å²) in [5.74, 6) is 0.488. The van der Waals surface area contributed by atoms with Crippen molar-refractivity contribution in [2.75, 3.05) is 5.32 Å². The molecule has 4 rings (SSSR count). The van der Waals surface area contributed by atoms with E-state index in [0.29, 0.717) is 18.1 Å². The van der Waals surface area contributed by atoms with Crippen LogP contribution >= 0.6 is 15.9 Å². The zero-order valence-corrected chi connectivity index (χ0v) is 18.1. The predicted octanol–water partition coefficient (Wildman–Crippen LogP) is 3.45. The standard InChI is InChI=1S/C20H20BrN7O2/c1-14-3-4-19(15(2)7-14)30-13-28-11-17(9-23-28)24-20(29)18-5-6-26(25-18)12-27-10-16(21)8-22-27/h3-11H,12-13H2,1-2H3,(H,24,29). The Bertz CT molecular complexity index is 1180. The van der Waals surface area contributed by atoms with Gasteiger partial charge < -0.3 is 10.1 Å². The van der Waals surface area contributed by atoms with Crippen molar-refractivity contribution in [3.8, 4) is 5.75 Å². The maximum atomic E-state index is 12.5. The highest BCUT2D eigenvalue weighted by Crippen LogP contribution is 2.19. The third-order valence-corrected chi connectivity index (χ3v) is 4.75. The smallest absolute Gasteiger partial charge is 0.276 e. The minimum Gasteiger partial charge on any atom is -0.471 e. The van der Waals surface area contributed by atoms with Crippen LogP contribution in [0.25, 0.3) is 0 Å². The van der Waals surface area contributed by atoms with Crippen LogP contribution in [0, 0.1) is 13.8 Å². The van der Waals surface area contributed by atoms with Crippen LogP contribution in [-0.4, -0.2) is 35.2 Å². The van der Waals surface area contributed by atoms with Crippen LogP contribution in [0.15, 0.2) is 59.7 Å². The van der Waals surface area contributed by atoms with Gasteiger partial charge in [0.25, 0.3) is 5.91 Å². The van der Waals surface area contributed by atoms with Gasteiger partial charge in [-0.3, -0.25) is 9.48 Å². The lowest BCUT2D eigenvalue weighted by Gasteiger charge is -2.09. The van der Waals surface area contributed by atoms with Crippen molar-refractivity contribution < 1.29 is 9.53 Å². The molecule has 4 aromatic rings. The van der Waals surface area contributed by atoms with Crippen molar-refractivity contribution in [3.05, 3.63) is 76.5 Å². The second kappa shape index (κ2) is 8.54. The first-order chi connectivity index (χ1) is 14.5. The Balaban J connectivity index is 1.33.